The number of fused-ring (bicyclic) bond motifs is 5. The van der Waals surface area contributed by atoms with Crippen molar-refractivity contribution in [2.24, 2.45) is 0 Å². The van der Waals surface area contributed by atoms with Gasteiger partial charge in [-0.1, -0.05) is 30.3 Å². The molecule has 0 fully saturated rings. The van der Waals surface area contributed by atoms with Crippen LogP contribution in [0.3, 0.4) is 0 Å². The van der Waals surface area contributed by atoms with E-state index in [0.717, 1.165) is 26.9 Å². The molecule has 4 aromatic rings. The van der Waals surface area contributed by atoms with Gasteiger partial charge >= 0.3 is 0 Å². The molecule has 0 atom stereocenters. The lowest BCUT2D eigenvalue weighted by Gasteiger charge is -2.06. The van der Waals surface area contributed by atoms with Gasteiger partial charge in [-0.25, -0.2) is 4.98 Å². The first kappa shape index (κ1) is 15.6. The third-order valence-electron chi connectivity index (χ3n) is 5.03. The highest BCUT2D eigenvalue weighted by atomic mass is 16.5. The number of carbonyl (C=O) groups is 2. The topological polar surface area (TPSA) is 75.3 Å². The Morgan fingerprint density at radius 1 is 1.00 bits per heavy atom. The molecule has 0 spiro atoms. The summed E-state index contributed by atoms with van der Waals surface area (Å²) in [6, 6.07) is 15.3. The average Bonchev–Trinajstić information content (AvgIpc) is 3.18. The molecule has 0 radical (unpaired) electrons. The molecule has 0 saturated heterocycles. The number of H-pyrrole nitrogens is 1. The second kappa shape index (κ2) is 5.41. The number of rotatable bonds is 2. The minimum Gasteiger partial charge on any atom is -0.497 e. The second-order valence-electron chi connectivity index (χ2n) is 6.51. The highest BCUT2D eigenvalue weighted by Gasteiger charge is 2.38. The molecule has 3 heterocycles. The van der Waals surface area contributed by atoms with Gasteiger partial charge in [-0.05, 0) is 18.2 Å². The summed E-state index contributed by atoms with van der Waals surface area (Å²) in [5, 5.41) is 1.53. The van der Waals surface area contributed by atoms with Gasteiger partial charge in [-0.3, -0.25) is 14.5 Å². The van der Waals surface area contributed by atoms with Gasteiger partial charge in [0.2, 0.25) is 0 Å². The number of aromatic nitrogens is 2. The first-order chi connectivity index (χ1) is 13.1. The van der Waals surface area contributed by atoms with Crippen molar-refractivity contribution in [2.75, 3.05) is 14.2 Å². The Morgan fingerprint density at radius 3 is 2.52 bits per heavy atom. The Bertz CT molecular complexity index is 1260. The molecule has 1 aliphatic rings. The second-order valence-corrected chi connectivity index (χ2v) is 6.51. The summed E-state index contributed by atoms with van der Waals surface area (Å²) in [5.41, 5.74) is 3.65. The Hall–Kier alpha value is -3.67. The Kier molecular flexibility index (Phi) is 3.12. The summed E-state index contributed by atoms with van der Waals surface area (Å²) in [5.74, 6) is -0.0393. The minimum atomic E-state index is -0.383. The van der Waals surface area contributed by atoms with Gasteiger partial charge in [-0.15, -0.1) is 0 Å². The lowest BCUT2D eigenvalue weighted by Crippen LogP contribution is -2.24. The van der Waals surface area contributed by atoms with E-state index in [1.54, 1.807) is 7.11 Å². The van der Waals surface area contributed by atoms with Crippen LogP contribution in [0.15, 0.2) is 48.5 Å². The zero-order valence-corrected chi connectivity index (χ0v) is 14.7. The third kappa shape index (κ3) is 2.04. The first-order valence-electron chi connectivity index (χ1n) is 8.51. The van der Waals surface area contributed by atoms with E-state index in [1.165, 1.54) is 7.05 Å². The van der Waals surface area contributed by atoms with E-state index < -0.39 is 0 Å². The zero-order chi connectivity index (χ0) is 18.7. The maximum atomic E-state index is 12.8. The number of ether oxygens (including phenoxy) is 1. The first-order valence-corrected chi connectivity index (χ1v) is 8.51. The number of imide groups is 1. The van der Waals surface area contributed by atoms with Crippen molar-refractivity contribution >= 4 is 33.6 Å². The van der Waals surface area contributed by atoms with E-state index in [-0.39, 0.29) is 17.5 Å². The van der Waals surface area contributed by atoms with Gasteiger partial charge in [-0.2, -0.15) is 0 Å². The molecule has 2 amide bonds. The summed E-state index contributed by atoms with van der Waals surface area (Å²) < 4.78 is 5.35. The van der Waals surface area contributed by atoms with Crippen LogP contribution in [-0.4, -0.2) is 40.8 Å². The molecule has 0 saturated carbocycles. The van der Waals surface area contributed by atoms with Gasteiger partial charge < -0.3 is 9.72 Å². The minimum absolute atomic E-state index is 0.192. The van der Waals surface area contributed by atoms with Crippen LogP contribution in [0, 0.1) is 0 Å². The van der Waals surface area contributed by atoms with E-state index >= 15 is 0 Å². The van der Waals surface area contributed by atoms with Crippen LogP contribution in [0.2, 0.25) is 0 Å². The van der Waals surface area contributed by atoms with Crippen LogP contribution in [0.1, 0.15) is 20.8 Å². The zero-order valence-electron chi connectivity index (χ0n) is 14.7. The smallest absolute Gasteiger partial charge is 0.279 e. The van der Waals surface area contributed by atoms with Crippen molar-refractivity contribution in [3.8, 4) is 17.0 Å². The van der Waals surface area contributed by atoms with Gasteiger partial charge in [0.1, 0.15) is 11.4 Å². The number of benzene rings is 2. The molecule has 2 aromatic carbocycles. The van der Waals surface area contributed by atoms with Gasteiger partial charge in [0.25, 0.3) is 11.8 Å². The molecule has 0 aliphatic carbocycles. The molecule has 5 rings (SSSR count). The number of pyridine rings is 1. The molecular formula is C21H15N3O3. The fraction of sp³-hybridized carbons (Fsp3) is 0.0952. The fourth-order valence-electron chi connectivity index (χ4n) is 3.66. The molecule has 1 aliphatic heterocycles. The van der Waals surface area contributed by atoms with Crippen LogP contribution < -0.4 is 4.74 Å². The van der Waals surface area contributed by atoms with Crippen molar-refractivity contribution in [3.05, 3.63) is 59.8 Å². The summed E-state index contributed by atoms with van der Waals surface area (Å²) in [4.78, 5) is 34.5. The van der Waals surface area contributed by atoms with Crippen LogP contribution in [0.5, 0.6) is 5.75 Å². The van der Waals surface area contributed by atoms with Crippen molar-refractivity contribution in [3.63, 3.8) is 0 Å². The highest BCUT2D eigenvalue weighted by molar-refractivity contribution is 6.30. The molecule has 6 heteroatoms. The van der Waals surface area contributed by atoms with Gasteiger partial charge in [0, 0.05) is 28.9 Å². The number of hydrogen-bond donors (Lipinski definition) is 1. The third-order valence-corrected chi connectivity index (χ3v) is 5.03. The Labute approximate surface area is 154 Å². The SMILES string of the molecule is COc1ccc2[nH]c3c(-c4ccccc4)nc4c(c3c2c1)C(=O)N(C)C4=O. The van der Waals surface area contributed by atoms with Crippen molar-refractivity contribution in [1.29, 1.82) is 0 Å². The largest absolute Gasteiger partial charge is 0.497 e. The molecule has 2 aromatic heterocycles. The highest BCUT2D eigenvalue weighted by Crippen LogP contribution is 2.39. The van der Waals surface area contributed by atoms with E-state index in [9.17, 15) is 9.59 Å². The van der Waals surface area contributed by atoms with Gasteiger partial charge in [0.15, 0.2) is 0 Å². The summed E-state index contributed by atoms with van der Waals surface area (Å²) in [6.07, 6.45) is 0. The molecule has 132 valence electrons. The maximum absolute atomic E-state index is 12.8. The Balaban J connectivity index is 1.99. The predicted octanol–water partition coefficient (Wildman–Crippen LogP) is 3.62. The molecule has 0 unspecified atom stereocenters. The molecule has 6 nitrogen and oxygen atoms in total. The average molecular weight is 357 g/mol. The van der Waals surface area contributed by atoms with E-state index in [0.29, 0.717) is 22.4 Å². The molecular weight excluding hydrogens is 342 g/mol. The number of carbonyl (C=O) groups excluding carboxylic acids is 2. The predicted molar refractivity (Wildman–Crippen MR) is 102 cm³/mol. The van der Waals surface area contributed by atoms with Crippen LogP contribution in [0.25, 0.3) is 33.1 Å². The molecule has 0 bridgehead atoms. The number of amides is 2. The number of nitrogens with zero attached hydrogens (tertiary/aromatic N) is 2. The van der Waals surface area contributed by atoms with Crippen molar-refractivity contribution < 1.29 is 14.3 Å². The lowest BCUT2D eigenvalue weighted by atomic mass is 10.0. The van der Waals surface area contributed by atoms with Crippen molar-refractivity contribution in [2.45, 2.75) is 0 Å². The van der Waals surface area contributed by atoms with E-state index in [4.69, 9.17) is 4.74 Å². The lowest BCUT2D eigenvalue weighted by molar-refractivity contribution is 0.0692. The standard InChI is InChI=1S/C21H15N3O3/c1-24-20(25)16-15-13-10-12(27-2)8-9-14(13)22-18(15)17(23-19(16)21(24)26)11-6-4-3-5-7-11/h3-10,22H,1-2H3. The van der Waals surface area contributed by atoms with Crippen LogP contribution in [-0.2, 0) is 0 Å². The van der Waals surface area contributed by atoms with E-state index in [2.05, 4.69) is 9.97 Å². The van der Waals surface area contributed by atoms with Crippen LogP contribution >= 0.6 is 0 Å². The number of hydrogen-bond acceptors (Lipinski definition) is 4. The summed E-state index contributed by atoms with van der Waals surface area (Å²) in [6.45, 7) is 0. The normalized spacial score (nSPS) is 13.6. The monoisotopic (exact) mass is 357 g/mol. The number of aromatic amines is 1. The van der Waals surface area contributed by atoms with E-state index in [1.807, 2.05) is 48.5 Å². The number of nitrogens with one attached hydrogen (secondary N) is 1. The van der Waals surface area contributed by atoms with Crippen molar-refractivity contribution in [1.82, 2.24) is 14.9 Å². The number of methoxy groups -OCH3 is 1. The molecule has 27 heavy (non-hydrogen) atoms. The Morgan fingerprint density at radius 2 is 1.78 bits per heavy atom. The summed E-state index contributed by atoms with van der Waals surface area (Å²) in [7, 11) is 3.08. The quantitative estimate of drug-likeness (QED) is 0.556. The molecule has 1 N–H and O–H groups in total. The van der Waals surface area contributed by atoms with Gasteiger partial charge in [0.05, 0.1) is 23.9 Å². The van der Waals surface area contributed by atoms with Crippen LogP contribution in [0.4, 0.5) is 0 Å². The maximum Gasteiger partial charge on any atom is 0.279 e. The fourth-order valence-corrected chi connectivity index (χ4v) is 3.66. The summed E-state index contributed by atoms with van der Waals surface area (Å²) >= 11 is 0.